The Hall–Kier alpha value is -1.75. The molecule has 8 nitrogen and oxygen atoms in total. The third-order valence-corrected chi connectivity index (χ3v) is 5.63. The van der Waals surface area contributed by atoms with E-state index in [1.165, 1.54) is 0 Å². The predicted octanol–water partition coefficient (Wildman–Crippen LogP) is 2.43. The molecule has 0 amide bonds. The van der Waals surface area contributed by atoms with Crippen molar-refractivity contribution in [1.29, 1.82) is 0 Å². The summed E-state index contributed by atoms with van der Waals surface area (Å²) >= 11 is 3.37. The minimum atomic E-state index is -3.79. The number of nitrogens with two attached hydrogens (primary N) is 1. The van der Waals surface area contributed by atoms with Crippen LogP contribution >= 0.6 is 15.9 Å². The summed E-state index contributed by atoms with van der Waals surface area (Å²) < 4.78 is 24.0. The molecule has 10 heteroatoms. The first-order chi connectivity index (χ1) is 12.0. The van der Waals surface area contributed by atoms with Crippen LogP contribution in [0, 0.1) is 13.8 Å². The number of sulfonamides is 1. The third kappa shape index (κ3) is 4.91. The van der Waals surface area contributed by atoms with Gasteiger partial charge < -0.3 is 15.7 Å². The van der Waals surface area contributed by atoms with Crippen LogP contribution in [0.15, 0.2) is 27.7 Å². The number of anilines is 3. The number of hydrogen-bond acceptors (Lipinski definition) is 7. The van der Waals surface area contributed by atoms with Crippen LogP contribution in [-0.2, 0) is 10.0 Å². The zero-order valence-electron chi connectivity index (χ0n) is 14.9. The van der Waals surface area contributed by atoms with Gasteiger partial charge >= 0.3 is 0 Å². The van der Waals surface area contributed by atoms with E-state index < -0.39 is 16.1 Å². The summed E-state index contributed by atoms with van der Waals surface area (Å²) in [6.07, 6.45) is 1.04. The minimum Gasteiger partial charge on any atom is -0.391 e. The van der Waals surface area contributed by atoms with Crippen molar-refractivity contribution in [1.82, 2.24) is 9.97 Å². The van der Waals surface area contributed by atoms with E-state index in [1.807, 2.05) is 6.92 Å². The molecule has 26 heavy (non-hydrogen) atoms. The molecule has 0 spiro atoms. The van der Waals surface area contributed by atoms with E-state index >= 15 is 0 Å². The average Bonchev–Trinajstić information content (AvgIpc) is 2.48. The van der Waals surface area contributed by atoms with E-state index in [0.717, 1.165) is 0 Å². The Kier molecular flexibility index (Phi) is 6.22. The number of rotatable bonds is 6. The van der Waals surface area contributed by atoms with Crippen LogP contribution in [0.3, 0.4) is 0 Å². The molecule has 0 saturated heterocycles. The molecule has 1 heterocycles. The van der Waals surface area contributed by atoms with Gasteiger partial charge in [-0.05, 0) is 66.9 Å². The summed E-state index contributed by atoms with van der Waals surface area (Å²) in [5.41, 5.74) is 1.71. The van der Waals surface area contributed by atoms with Gasteiger partial charge in [-0.25, -0.2) is 18.5 Å². The van der Waals surface area contributed by atoms with E-state index in [-0.39, 0.29) is 10.9 Å². The van der Waals surface area contributed by atoms with Crippen molar-refractivity contribution in [3.63, 3.8) is 0 Å². The van der Waals surface area contributed by atoms with E-state index in [1.54, 1.807) is 39.1 Å². The fraction of sp³-hybridized carbons (Fsp3) is 0.375. The number of aromatic nitrogens is 2. The Bertz CT molecular complexity index is 895. The Morgan fingerprint density at radius 1 is 1.23 bits per heavy atom. The second kappa shape index (κ2) is 7.87. The first kappa shape index (κ1) is 20.6. The molecule has 2 rings (SSSR count). The molecule has 142 valence electrons. The van der Waals surface area contributed by atoms with Crippen LogP contribution in [0.5, 0.6) is 0 Å². The molecule has 2 atom stereocenters. The van der Waals surface area contributed by atoms with Gasteiger partial charge in [0.05, 0.1) is 21.5 Å². The summed E-state index contributed by atoms with van der Waals surface area (Å²) in [5.74, 6) is 0.862. The van der Waals surface area contributed by atoms with Crippen molar-refractivity contribution < 1.29 is 13.5 Å². The summed E-state index contributed by atoms with van der Waals surface area (Å²) in [6, 6.07) is 3.14. The highest BCUT2D eigenvalue weighted by Gasteiger charge is 2.17. The number of nitrogens with one attached hydrogen (secondary N) is 2. The quantitative estimate of drug-likeness (QED) is 0.538. The first-order valence-electron chi connectivity index (χ1n) is 7.87. The minimum absolute atomic E-state index is 0.118. The summed E-state index contributed by atoms with van der Waals surface area (Å²) in [5, 5.41) is 21.1. The number of halogens is 1. The zero-order chi connectivity index (χ0) is 19.6. The van der Waals surface area contributed by atoms with Crippen molar-refractivity contribution in [3.8, 4) is 0 Å². The predicted molar refractivity (Wildman–Crippen MR) is 105 cm³/mol. The van der Waals surface area contributed by atoms with Crippen LogP contribution in [-0.4, -0.2) is 35.6 Å². The van der Waals surface area contributed by atoms with Gasteiger partial charge in [0.2, 0.25) is 16.0 Å². The highest BCUT2D eigenvalue weighted by Crippen LogP contribution is 2.26. The number of aliphatic hydroxyl groups excluding tert-OH is 1. The monoisotopic (exact) mass is 443 g/mol. The number of aryl methyl sites for hydroxylation is 2. The fourth-order valence-electron chi connectivity index (χ4n) is 2.47. The van der Waals surface area contributed by atoms with Crippen molar-refractivity contribution in [2.24, 2.45) is 5.14 Å². The number of hydrogen-bond donors (Lipinski definition) is 4. The van der Waals surface area contributed by atoms with Gasteiger partial charge in [0.1, 0.15) is 5.82 Å². The summed E-state index contributed by atoms with van der Waals surface area (Å²) in [6.45, 7) is 6.88. The Morgan fingerprint density at radius 2 is 1.81 bits per heavy atom. The maximum atomic E-state index is 11.7. The van der Waals surface area contributed by atoms with Gasteiger partial charge in [-0.2, -0.15) is 4.98 Å². The van der Waals surface area contributed by atoms with Gasteiger partial charge in [-0.1, -0.05) is 0 Å². The standard InChI is InChI=1S/C16H22BrN5O3S/c1-8-5-12(6-9(2)14(8)26(18,24)25)21-16-19-7-13(17)15(22-16)20-10(3)11(4)23/h5-7,10-11,23H,1-4H3,(H2,18,24,25)(H2,19,20,21,22)/t10-,11-/m1/s1. The summed E-state index contributed by atoms with van der Waals surface area (Å²) in [7, 11) is -3.79. The molecule has 0 fully saturated rings. The molecule has 2 aromatic rings. The number of nitrogens with zero attached hydrogens (tertiary/aromatic N) is 2. The largest absolute Gasteiger partial charge is 0.391 e. The first-order valence-corrected chi connectivity index (χ1v) is 10.2. The lowest BCUT2D eigenvalue weighted by atomic mass is 10.1. The average molecular weight is 444 g/mol. The molecule has 0 saturated carbocycles. The van der Waals surface area contributed by atoms with Crippen LogP contribution < -0.4 is 15.8 Å². The maximum Gasteiger partial charge on any atom is 0.238 e. The SMILES string of the molecule is Cc1cc(Nc2ncc(Br)c(N[C@H](C)[C@@H](C)O)n2)cc(C)c1S(N)(=O)=O. The highest BCUT2D eigenvalue weighted by atomic mass is 79.9. The smallest absolute Gasteiger partial charge is 0.238 e. The van der Waals surface area contributed by atoms with E-state index in [2.05, 4.69) is 36.5 Å². The molecular formula is C16H22BrN5O3S. The Balaban J connectivity index is 2.32. The molecular weight excluding hydrogens is 422 g/mol. The van der Waals surface area contributed by atoms with Crippen LogP contribution in [0.1, 0.15) is 25.0 Å². The number of primary sulfonamides is 1. The molecule has 0 aliphatic rings. The molecule has 0 unspecified atom stereocenters. The maximum absolute atomic E-state index is 11.7. The normalized spacial score (nSPS) is 14.0. The molecule has 1 aromatic carbocycles. The zero-order valence-corrected chi connectivity index (χ0v) is 17.3. The van der Waals surface area contributed by atoms with Gasteiger partial charge in [-0.3, -0.25) is 0 Å². The van der Waals surface area contributed by atoms with Crippen molar-refractivity contribution in [3.05, 3.63) is 33.9 Å². The van der Waals surface area contributed by atoms with E-state index in [9.17, 15) is 13.5 Å². The lowest BCUT2D eigenvalue weighted by molar-refractivity contribution is 0.177. The third-order valence-electron chi connectivity index (χ3n) is 3.83. The Morgan fingerprint density at radius 3 is 2.31 bits per heavy atom. The van der Waals surface area contributed by atoms with Crippen LogP contribution in [0.4, 0.5) is 17.5 Å². The molecule has 0 bridgehead atoms. The topological polar surface area (TPSA) is 130 Å². The molecule has 5 N–H and O–H groups in total. The van der Waals surface area contributed by atoms with Gasteiger partial charge in [0.25, 0.3) is 0 Å². The van der Waals surface area contributed by atoms with Crippen LogP contribution in [0.2, 0.25) is 0 Å². The summed E-state index contributed by atoms with van der Waals surface area (Å²) in [4.78, 5) is 8.71. The second-order valence-electron chi connectivity index (χ2n) is 6.17. The highest BCUT2D eigenvalue weighted by molar-refractivity contribution is 9.10. The Labute approximate surface area is 161 Å². The van der Waals surface area contributed by atoms with Gasteiger partial charge in [0.15, 0.2) is 0 Å². The molecule has 0 aliphatic carbocycles. The van der Waals surface area contributed by atoms with E-state index in [0.29, 0.717) is 33.1 Å². The number of benzene rings is 1. The lowest BCUT2D eigenvalue weighted by Gasteiger charge is -2.18. The van der Waals surface area contributed by atoms with Crippen molar-refractivity contribution in [2.45, 2.75) is 44.7 Å². The fourth-order valence-corrected chi connectivity index (χ4v) is 3.79. The second-order valence-corrected chi connectivity index (χ2v) is 8.53. The number of aliphatic hydroxyl groups is 1. The van der Waals surface area contributed by atoms with Crippen LogP contribution in [0.25, 0.3) is 0 Å². The van der Waals surface area contributed by atoms with Gasteiger partial charge in [0, 0.05) is 11.9 Å². The van der Waals surface area contributed by atoms with Gasteiger partial charge in [-0.15, -0.1) is 0 Å². The molecule has 0 radical (unpaired) electrons. The molecule has 1 aromatic heterocycles. The molecule has 0 aliphatic heterocycles. The van der Waals surface area contributed by atoms with Crippen molar-refractivity contribution in [2.75, 3.05) is 10.6 Å². The lowest BCUT2D eigenvalue weighted by Crippen LogP contribution is -2.28. The van der Waals surface area contributed by atoms with E-state index in [4.69, 9.17) is 5.14 Å². The van der Waals surface area contributed by atoms with Crippen molar-refractivity contribution >= 4 is 43.4 Å².